The van der Waals surface area contributed by atoms with Crippen molar-refractivity contribution in [3.63, 3.8) is 0 Å². The molecule has 20 heavy (non-hydrogen) atoms. The van der Waals surface area contributed by atoms with Crippen molar-refractivity contribution in [3.8, 4) is 0 Å². The minimum Gasteiger partial charge on any atom is -0.348 e. The summed E-state index contributed by atoms with van der Waals surface area (Å²) in [6, 6.07) is 3.55. The number of anilines is 1. The van der Waals surface area contributed by atoms with Gasteiger partial charge < -0.3 is 15.6 Å². The first-order valence-electron chi connectivity index (χ1n) is 7.07. The van der Waals surface area contributed by atoms with Crippen molar-refractivity contribution < 1.29 is 4.79 Å². The van der Waals surface area contributed by atoms with Gasteiger partial charge in [-0.3, -0.25) is 4.79 Å². The Hall–Kier alpha value is -1.66. The molecule has 1 amide bonds. The van der Waals surface area contributed by atoms with Gasteiger partial charge in [0.15, 0.2) is 0 Å². The number of likely N-dealkylation sites (tertiary alicyclic amines) is 1. The number of amides is 1. The molecule has 110 valence electrons. The van der Waals surface area contributed by atoms with Crippen LogP contribution in [0.5, 0.6) is 0 Å². The maximum absolute atomic E-state index is 12.2. The predicted molar refractivity (Wildman–Crippen MR) is 79.4 cm³/mol. The Bertz CT molecular complexity index is 471. The quantitative estimate of drug-likeness (QED) is 0.550. The summed E-state index contributed by atoms with van der Waals surface area (Å²) in [5.41, 5.74) is 3.82. The number of carbonyl (C=O) groups is 1. The third kappa shape index (κ3) is 3.91. The van der Waals surface area contributed by atoms with E-state index in [2.05, 4.69) is 20.6 Å². The molecule has 0 spiro atoms. The molecule has 6 nitrogen and oxygen atoms in total. The summed E-state index contributed by atoms with van der Waals surface area (Å²) in [5.74, 6) is 5.76. The van der Waals surface area contributed by atoms with Gasteiger partial charge >= 0.3 is 0 Å². The second-order valence-corrected chi connectivity index (χ2v) is 5.41. The van der Waals surface area contributed by atoms with Gasteiger partial charge in [-0.1, -0.05) is 0 Å². The normalized spacial score (nSPS) is 16.9. The molecule has 2 heterocycles. The van der Waals surface area contributed by atoms with Gasteiger partial charge in [-0.2, -0.15) is 0 Å². The molecule has 1 aliphatic rings. The molecule has 0 aliphatic carbocycles. The zero-order valence-corrected chi connectivity index (χ0v) is 12.1. The van der Waals surface area contributed by atoms with E-state index in [1.807, 2.05) is 13.8 Å². The van der Waals surface area contributed by atoms with Crippen LogP contribution in [0.4, 0.5) is 5.82 Å². The molecule has 0 aromatic carbocycles. The number of hydrogen-bond acceptors (Lipinski definition) is 5. The molecule has 1 aromatic rings. The van der Waals surface area contributed by atoms with Crippen LogP contribution in [0.1, 0.15) is 35.8 Å². The number of hydrazine groups is 1. The van der Waals surface area contributed by atoms with Crippen LogP contribution in [0.15, 0.2) is 12.1 Å². The Morgan fingerprint density at radius 1 is 1.45 bits per heavy atom. The van der Waals surface area contributed by atoms with Crippen molar-refractivity contribution in [3.05, 3.63) is 23.4 Å². The third-order valence-corrected chi connectivity index (χ3v) is 3.47. The van der Waals surface area contributed by atoms with Crippen LogP contribution in [-0.2, 0) is 0 Å². The van der Waals surface area contributed by atoms with E-state index < -0.39 is 0 Å². The minimum atomic E-state index is -0.0845. The average Bonchev–Trinajstić information content (AvgIpc) is 2.90. The topological polar surface area (TPSA) is 83.3 Å². The van der Waals surface area contributed by atoms with Crippen molar-refractivity contribution in [1.29, 1.82) is 0 Å². The highest BCUT2D eigenvalue weighted by Gasteiger charge is 2.17. The van der Waals surface area contributed by atoms with E-state index >= 15 is 0 Å². The van der Waals surface area contributed by atoms with Gasteiger partial charge in [-0.15, -0.1) is 0 Å². The van der Waals surface area contributed by atoms with E-state index in [0.29, 0.717) is 11.4 Å². The number of nitrogens with one attached hydrogen (secondary N) is 2. The number of nitrogens with zero attached hydrogens (tertiary/aromatic N) is 2. The molecule has 4 N–H and O–H groups in total. The molecule has 1 aromatic heterocycles. The van der Waals surface area contributed by atoms with Crippen LogP contribution in [0, 0.1) is 6.92 Å². The highest BCUT2D eigenvalue weighted by atomic mass is 16.1. The van der Waals surface area contributed by atoms with Gasteiger partial charge in [0.25, 0.3) is 5.91 Å². The van der Waals surface area contributed by atoms with Gasteiger partial charge in [-0.25, -0.2) is 10.8 Å². The Morgan fingerprint density at radius 2 is 2.15 bits per heavy atom. The third-order valence-electron chi connectivity index (χ3n) is 3.47. The highest BCUT2D eigenvalue weighted by Crippen LogP contribution is 2.10. The van der Waals surface area contributed by atoms with Crippen LogP contribution >= 0.6 is 0 Å². The Kier molecular flexibility index (Phi) is 4.92. The first-order chi connectivity index (χ1) is 9.58. The predicted octanol–water partition coefficient (Wildman–Crippen LogP) is 0.890. The van der Waals surface area contributed by atoms with Crippen LogP contribution < -0.4 is 16.6 Å². The zero-order valence-electron chi connectivity index (χ0n) is 12.1. The number of aryl methyl sites for hydroxylation is 1. The summed E-state index contributed by atoms with van der Waals surface area (Å²) < 4.78 is 0. The number of rotatable bonds is 5. The monoisotopic (exact) mass is 277 g/mol. The van der Waals surface area contributed by atoms with Crippen LogP contribution in [-0.4, -0.2) is 41.5 Å². The molecular weight excluding hydrogens is 254 g/mol. The number of carbonyl (C=O) groups excluding carboxylic acids is 1. The van der Waals surface area contributed by atoms with Crippen molar-refractivity contribution in [1.82, 2.24) is 15.2 Å². The van der Waals surface area contributed by atoms with Crippen molar-refractivity contribution in [2.24, 2.45) is 5.84 Å². The second-order valence-electron chi connectivity index (χ2n) is 5.41. The maximum Gasteiger partial charge on any atom is 0.251 e. The van der Waals surface area contributed by atoms with E-state index in [0.717, 1.165) is 25.3 Å². The average molecular weight is 277 g/mol. The molecule has 1 aliphatic heterocycles. The molecule has 0 saturated carbocycles. The molecule has 0 bridgehead atoms. The van der Waals surface area contributed by atoms with Gasteiger partial charge in [0.1, 0.15) is 5.82 Å². The SMILES string of the molecule is Cc1cc(C(=O)NC(C)CN2CCCC2)cc(NN)n1. The summed E-state index contributed by atoms with van der Waals surface area (Å²) in [4.78, 5) is 18.8. The lowest BCUT2D eigenvalue weighted by Gasteiger charge is -2.21. The van der Waals surface area contributed by atoms with E-state index in [1.165, 1.54) is 12.8 Å². The largest absolute Gasteiger partial charge is 0.348 e. The molecule has 2 rings (SSSR count). The van der Waals surface area contributed by atoms with Crippen LogP contribution in [0.25, 0.3) is 0 Å². The molecule has 1 fully saturated rings. The van der Waals surface area contributed by atoms with Crippen LogP contribution in [0.2, 0.25) is 0 Å². The fraction of sp³-hybridized carbons (Fsp3) is 0.571. The summed E-state index contributed by atoms with van der Waals surface area (Å²) in [6.07, 6.45) is 2.52. The lowest BCUT2D eigenvalue weighted by molar-refractivity contribution is 0.0931. The maximum atomic E-state index is 12.2. The van der Waals surface area contributed by atoms with Gasteiger partial charge in [-0.05, 0) is 51.9 Å². The Morgan fingerprint density at radius 3 is 2.80 bits per heavy atom. The fourth-order valence-corrected chi connectivity index (χ4v) is 2.58. The smallest absolute Gasteiger partial charge is 0.251 e. The fourth-order valence-electron chi connectivity index (χ4n) is 2.58. The van der Waals surface area contributed by atoms with Gasteiger partial charge in [0.05, 0.1) is 0 Å². The molecular formula is C14H23N5O. The number of aromatic nitrogens is 1. The van der Waals surface area contributed by atoms with Gasteiger partial charge in [0.2, 0.25) is 0 Å². The first kappa shape index (κ1) is 14.7. The number of nitrogens with two attached hydrogens (primary N) is 1. The molecule has 1 atom stereocenters. The minimum absolute atomic E-state index is 0.0845. The summed E-state index contributed by atoms with van der Waals surface area (Å²) in [6.45, 7) is 7.04. The van der Waals surface area contributed by atoms with E-state index in [-0.39, 0.29) is 11.9 Å². The number of hydrogen-bond donors (Lipinski definition) is 3. The first-order valence-corrected chi connectivity index (χ1v) is 7.07. The van der Waals surface area contributed by atoms with E-state index in [1.54, 1.807) is 12.1 Å². The van der Waals surface area contributed by atoms with Crippen molar-refractivity contribution in [2.75, 3.05) is 25.1 Å². The molecule has 0 radical (unpaired) electrons. The lowest BCUT2D eigenvalue weighted by Crippen LogP contribution is -2.41. The molecule has 6 heteroatoms. The number of pyridine rings is 1. The second kappa shape index (κ2) is 6.67. The number of nitrogen functional groups attached to an aromatic ring is 1. The Labute approximate surface area is 119 Å². The van der Waals surface area contributed by atoms with Crippen molar-refractivity contribution in [2.45, 2.75) is 32.7 Å². The summed E-state index contributed by atoms with van der Waals surface area (Å²) in [7, 11) is 0. The lowest BCUT2D eigenvalue weighted by atomic mass is 10.2. The van der Waals surface area contributed by atoms with Crippen LogP contribution in [0.3, 0.4) is 0 Å². The summed E-state index contributed by atoms with van der Waals surface area (Å²) in [5, 5.41) is 3.02. The standard InChI is InChI=1S/C14H23N5O/c1-10-7-12(8-13(16-10)18-15)14(20)17-11(2)9-19-5-3-4-6-19/h7-8,11H,3-6,9,15H2,1-2H3,(H,16,18)(H,17,20). The zero-order chi connectivity index (χ0) is 14.5. The molecule has 1 saturated heterocycles. The highest BCUT2D eigenvalue weighted by molar-refractivity contribution is 5.95. The van der Waals surface area contributed by atoms with Gasteiger partial charge in [0, 0.05) is 23.8 Å². The Balaban J connectivity index is 1.94. The van der Waals surface area contributed by atoms with Crippen molar-refractivity contribution >= 4 is 11.7 Å². The molecule has 1 unspecified atom stereocenters. The van der Waals surface area contributed by atoms with E-state index in [9.17, 15) is 4.79 Å². The summed E-state index contributed by atoms with van der Waals surface area (Å²) >= 11 is 0. The van der Waals surface area contributed by atoms with E-state index in [4.69, 9.17) is 5.84 Å².